The van der Waals surface area contributed by atoms with Crippen molar-refractivity contribution in [2.45, 2.75) is 6.54 Å². The lowest BCUT2D eigenvalue weighted by molar-refractivity contribution is 0.248. The molecule has 0 aliphatic heterocycles. The van der Waals surface area contributed by atoms with Crippen molar-refractivity contribution in [3.05, 3.63) is 22.7 Å². The van der Waals surface area contributed by atoms with Crippen LogP contribution in [0, 0.1) is 0 Å². The van der Waals surface area contributed by atoms with Crippen LogP contribution in [0.25, 0.3) is 11.0 Å². The summed E-state index contributed by atoms with van der Waals surface area (Å²) in [6.45, 7) is 0.944. The number of hydrogen-bond donors (Lipinski definition) is 3. The van der Waals surface area contributed by atoms with Crippen molar-refractivity contribution in [3.8, 4) is 0 Å². The third-order valence-corrected chi connectivity index (χ3v) is 2.87. The van der Waals surface area contributed by atoms with Gasteiger partial charge in [0.25, 0.3) is 0 Å². The van der Waals surface area contributed by atoms with E-state index in [1.54, 1.807) is 0 Å². The van der Waals surface area contributed by atoms with Crippen molar-refractivity contribution in [1.82, 2.24) is 14.9 Å². The molecule has 7 heteroatoms. The minimum atomic E-state index is -0.547. The number of halogens is 1. The molecule has 0 unspecified atom stereocenters. The van der Waals surface area contributed by atoms with E-state index in [2.05, 4.69) is 26.2 Å². The Morgan fingerprint density at radius 1 is 1.53 bits per heavy atom. The molecule has 17 heavy (non-hydrogen) atoms. The van der Waals surface area contributed by atoms with Crippen LogP contribution in [0.15, 0.2) is 22.7 Å². The molecule has 2 rings (SSSR count). The molecule has 0 bridgehead atoms. The second kappa shape index (κ2) is 4.62. The summed E-state index contributed by atoms with van der Waals surface area (Å²) in [7, 11) is 0. The number of anilines is 1. The lowest BCUT2D eigenvalue weighted by Crippen LogP contribution is -2.32. The lowest BCUT2D eigenvalue weighted by atomic mass is 10.3. The second-order valence-corrected chi connectivity index (χ2v) is 4.46. The van der Waals surface area contributed by atoms with E-state index in [1.165, 1.54) is 0 Å². The molecular weight excluding hydrogens is 286 g/mol. The van der Waals surface area contributed by atoms with E-state index in [0.29, 0.717) is 19.0 Å². The lowest BCUT2D eigenvalue weighted by Gasteiger charge is -2.06. The van der Waals surface area contributed by atoms with Crippen molar-refractivity contribution in [1.29, 1.82) is 0 Å². The van der Waals surface area contributed by atoms with Gasteiger partial charge >= 0.3 is 6.03 Å². The van der Waals surface area contributed by atoms with E-state index in [1.807, 2.05) is 22.8 Å². The Labute approximate surface area is 106 Å². The quantitative estimate of drug-likeness (QED) is 0.789. The molecule has 90 valence electrons. The fourth-order valence-corrected chi connectivity index (χ4v) is 1.99. The third kappa shape index (κ3) is 2.50. The first-order valence-corrected chi connectivity index (χ1v) is 5.82. The number of nitrogens with two attached hydrogens (primary N) is 2. The highest BCUT2D eigenvalue weighted by Gasteiger charge is 2.08. The van der Waals surface area contributed by atoms with Crippen LogP contribution >= 0.6 is 15.9 Å². The molecule has 0 atom stereocenters. The maximum absolute atomic E-state index is 10.6. The normalized spacial score (nSPS) is 10.6. The summed E-state index contributed by atoms with van der Waals surface area (Å²) >= 11 is 3.40. The van der Waals surface area contributed by atoms with Crippen LogP contribution in [0.5, 0.6) is 0 Å². The minimum absolute atomic E-state index is 0.414. The molecule has 6 nitrogen and oxygen atoms in total. The molecule has 2 aromatic rings. The summed E-state index contributed by atoms with van der Waals surface area (Å²) < 4.78 is 2.78. The molecule has 2 amide bonds. The van der Waals surface area contributed by atoms with Crippen LogP contribution < -0.4 is 16.8 Å². The first kappa shape index (κ1) is 11.7. The summed E-state index contributed by atoms with van der Waals surface area (Å²) in [5.74, 6) is 0.421. The zero-order valence-electron chi connectivity index (χ0n) is 8.98. The zero-order valence-corrected chi connectivity index (χ0v) is 10.6. The molecule has 0 aliphatic carbocycles. The molecule has 0 radical (unpaired) electrons. The van der Waals surface area contributed by atoms with Gasteiger partial charge in [-0.25, -0.2) is 9.78 Å². The Bertz CT molecular complexity index is 565. The number of imidazole rings is 1. The fourth-order valence-electron chi connectivity index (χ4n) is 1.64. The van der Waals surface area contributed by atoms with Crippen molar-refractivity contribution >= 4 is 38.9 Å². The van der Waals surface area contributed by atoms with Gasteiger partial charge in [-0.3, -0.25) is 0 Å². The molecule has 1 aromatic carbocycles. The van der Waals surface area contributed by atoms with Gasteiger partial charge in [0.05, 0.1) is 11.0 Å². The molecule has 0 saturated carbocycles. The highest BCUT2D eigenvalue weighted by atomic mass is 79.9. The number of hydrogen-bond acceptors (Lipinski definition) is 3. The number of primary amides is 1. The third-order valence-electron chi connectivity index (χ3n) is 2.37. The average Bonchev–Trinajstić information content (AvgIpc) is 2.55. The van der Waals surface area contributed by atoms with Crippen LogP contribution in [0.1, 0.15) is 0 Å². The number of urea groups is 1. The molecule has 1 heterocycles. The van der Waals surface area contributed by atoms with Crippen LogP contribution in [0.4, 0.5) is 10.7 Å². The van der Waals surface area contributed by atoms with E-state index < -0.39 is 6.03 Å². The Morgan fingerprint density at radius 3 is 3.00 bits per heavy atom. The number of nitrogen functional groups attached to an aromatic ring is 1. The number of fused-ring (bicyclic) bond motifs is 1. The largest absolute Gasteiger partial charge is 0.369 e. The number of carbonyl (C=O) groups excluding carboxylic acids is 1. The number of nitrogens with one attached hydrogen (secondary N) is 1. The number of rotatable bonds is 3. The van der Waals surface area contributed by atoms with Crippen molar-refractivity contribution in [2.24, 2.45) is 5.73 Å². The molecule has 0 saturated heterocycles. The van der Waals surface area contributed by atoms with E-state index >= 15 is 0 Å². The average molecular weight is 298 g/mol. The van der Waals surface area contributed by atoms with Crippen LogP contribution in [-0.4, -0.2) is 22.1 Å². The number of carbonyl (C=O) groups is 1. The van der Waals surface area contributed by atoms with Crippen molar-refractivity contribution in [3.63, 3.8) is 0 Å². The van der Waals surface area contributed by atoms with Gasteiger partial charge in [-0.2, -0.15) is 0 Å². The standard InChI is InChI=1S/C10H12BrN5O/c11-6-1-2-7-8(5-6)16(9(12)15-7)4-3-14-10(13)17/h1-2,5H,3-4H2,(H2,12,15)(H3,13,14,17). The van der Waals surface area contributed by atoms with Gasteiger partial charge in [0.1, 0.15) is 0 Å². The molecule has 0 spiro atoms. The first-order valence-electron chi connectivity index (χ1n) is 5.02. The summed E-state index contributed by atoms with van der Waals surface area (Å²) in [4.78, 5) is 14.8. The monoisotopic (exact) mass is 297 g/mol. The van der Waals surface area contributed by atoms with Gasteiger partial charge in [-0.1, -0.05) is 15.9 Å². The van der Waals surface area contributed by atoms with E-state index in [0.717, 1.165) is 15.5 Å². The predicted molar refractivity (Wildman–Crippen MR) is 69.4 cm³/mol. The smallest absolute Gasteiger partial charge is 0.312 e. The van der Waals surface area contributed by atoms with Crippen molar-refractivity contribution in [2.75, 3.05) is 12.3 Å². The van der Waals surface area contributed by atoms with Crippen LogP contribution in [0.2, 0.25) is 0 Å². The summed E-state index contributed by atoms with van der Waals surface area (Å²) in [6, 6.07) is 5.17. The van der Waals surface area contributed by atoms with Gasteiger partial charge in [-0.15, -0.1) is 0 Å². The highest BCUT2D eigenvalue weighted by Crippen LogP contribution is 2.21. The van der Waals surface area contributed by atoms with Gasteiger partial charge < -0.3 is 21.4 Å². The zero-order chi connectivity index (χ0) is 12.4. The van der Waals surface area contributed by atoms with E-state index in [4.69, 9.17) is 11.5 Å². The Balaban J connectivity index is 2.28. The molecule has 0 fully saturated rings. The molecule has 1 aromatic heterocycles. The first-order chi connectivity index (χ1) is 8.08. The SMILES string of the molecule is NC(=O)NCCn1c(N)nc2ccc(Br)cc21. The number of benzene rings is 1. The van der Waals surface area contributed by atoms with Gasteiger partial charge in [0.15, 0.2) is 0 Å². The fraction of sp³-hybridized carbons (Fsp3) is 0.200. The Kier molecular flexibility index (Phi) is 3.19. The summed E-state index contributed by atoms with van der Waals surface area (Å²) in [6.07, 6.45) is 0. The molecule has 5 N–H and O–H groups in total. The van der Waals surface area contributed by atoms with Gasteiger partial charge in [0.2, 0.25) is 5.95 Å². The number of nitrogens with zero attached hydrogens (tertiary/aromatic N) is 2. The van der Waals surface area contributed by atoms with E-state index in [9.17, 15) is 4.79 Å². The summed E-state index contributed by atoms with van der Waals surface area (Å²) in [5, 5.41) is 2.51. The maximum atomic E-state index is 10.6. The topological polar surface area (TPSA) is 99.0 Å². The molecular formula is C10H12BrN5O. The number of aromatic nitrogens is 2. The minimum Gasteiger partial charge on any atom is -0.369 e. The van der Waals surface area contributed by atoms with Crippen LogP contribution in [-0.2, 0) is 6.54 Å². The molecule has 0 aliphatic rings. The highest BCUT2D eigenvalue weighted by molar-refractivity contribution is 9.10. The van der Waals surface area contributed by atoms with Gasteiger partial charge in [0, 0.05) is 17.6 Å². The maximum Gasteiger partial charge on any atom is 0.312 e. The Hall–Kier alpha value is -1.76. The summed E-state index contributed by atoms with van der Waals surface area (Å²) in [5.41, 5.74) is 12.5. The second-order valence-electron chi connectivity index (χ2n) is 3.55. The predicted octanol–water partition coefficient (Wildman–Crippen LogP) is 1.05. The van der Waals surface area contributed by atoms with E-state index in [-0.39, 0.29) is 0 Å². The van der Waals surface area contributed by atoms with Crippen LogP contribution in [0.3, 0.4) is 0 Å². The van der Waals surface area contributed by atoms with Gasteiger partial charge in [-0.05, 0) is 18.2 Å². The Morgan fingerprint density at radius 2 is 2.29 bits per heavy atom. The number of amides is 2. The van der Waals surface area contributed by atoms with Crippen molar-refractivity contribution < 1.29 is 4.79 Å².